The van der Waals surface area contributed by atoms with Crippen LogP contribution in [-0.4, -0.2) is 39.3 Å². The third-order valence-electron chi connectivity index (χ3n) is 3.27. The predicted molar refractivity (Wildman–Crippen MR) is 85.6 cm³/mol. The van der Waals surface area contributed by atoms with Crippen molar-refractivity contribution in [3.05, 3.63) is 11.6 Å². The van der Waals surface area contributed by atoms with Crippen LogP contribution in [0, 0.1) is 5.92 Å². The molecule has 5 heteroatoms. The Morgan fingerprint density at radius 2 is 2.28 bits per heavy atom. The molecule has 0 saturated heterocycles. The Balaban J connectivity index is 0.00000162. The lowest BCUT2D eigenvalue weighted by atomic mass is 10.1. The fourth-order valence-corrected chi connectivity index (χ4v) is 1.92. The van der Waals surface area contributed by atoms with Gasteiger partial charge in [-0.15, -0.1) is 24.0 Å². The van der Waals surface area contributed by atoms with Crippen LogP contribution in [0.4, 0.5) is 0 Å². The summed E-state index contributed by atoms with van der Waals surface area (Å²) in [4.78, 5) is 4.22. The first kappa shape index (κ1) is 15.8. The van der Waals surface area contributed by atoms with Gasteiger partial charge in [0.05, 0.1) is 13.2 Å². The molecule has 2 N–H and O–H groups in total. The topological polar surface area (TPSA) is 45.7 Å². The van der Waals surface area contributed by atoms with Gasteiger partial charge in [0.25, 0.3) is 0 Å². The van der Waals surface area contributed by atoms with Crippen LogP contribution in [0.25, 0.3) is 0 Å². The second-order valence-corrected chi connectivity index (χ2v) is 4.76. The number of rotatable bonds is 5. The van der Waals surface area contributed by atoms with E-state index in [1.807, 2.05) is 7.05 Å². The van der Waals surface area contributed by atoms with E-state index in [4.69, 9.17) is 4.74 Å². The maximum Gasteiger partial charge on any atom is 0.190 e. The lowest BCUT2D eigenvalue weighted by molar-refractivity contribution is 0.153. The minimum absolute atomic E-state index is 0. The summed E-state index contributed by atoms with van der Waals surface area (Å²) in [5.74, 6) is 1.82. The molecule has 4 nitrogen and oxygen atoms in total. The average molecular weight is 365 g/mol. The minimum Gasteiger partial charge on any atom is -0.377 e. The van der Waals surface area contributed by atoms with E-state index in [2.05, 4.69) is 21.7 Å². The van der Waals surface area contributed by atoms with Gasteiger partial charge in [0, 0.05) is 20.1 Å². The number of halogens is 1. The zero-order valence-electron chi connectivity index (χ0n) is 11.1. The first-order valence-corrected chi connectivity index (χ1v) is 6.58. The van der Waals surface area contributed by atoms with E-state index in [1.165, 1.54) is 18.4 Å². The van der Waals surface area contributed by atoms with E-state index in [1.54, 1.807) is 0 Å². The smallest absolute Gasteiger partial charge is 0.190 e. The van der Waals surface area contributed by atoms with E-state index < -0.39 is 0 Å². The average Bonchev–Trinajstić information content (AvgIpc) is 3.19. The number of guanidine groups is 1. The maximum atomic E-state index is 5.29. The monoisotopic (exact) mass is 365 g/mol. The molecular weight excluding hydrogens is 341 g/mol. The Hall–Kier alpha value is -0.300. The van der Waals surface area contributed by atoms with Gasteiger partial charge in [-0.3, -0.25) is 4.99 Å². The second-order valence-electron chi connectivity index (χ2n) is 4.76. The van der Waals surface area contributed by atoms with Crippen molar-refractivity contribution < 1.29 is 4.74 Å². The molecule has 18 heavy (non-hydrogen) atoms. The van der Waals surface area contributed by atoms with Gasteiger partial charge in [-0.1, -0.05) is 11.6 Å². The number of hydrogen-bond donors (Lipinski definition) is 2. The molecule has 0 bridgehead atoms. The molecule has 1 aliphatic heterocycles. The molecule has 0 amide bonds. The van der Waals surface area contributed by atoms with Crippen molar-refractivity contribution >= 4 is 29.9 Å². The van der Waals surface area contributed by atoms with Crippen molar-refractivity contribution in [1.29, 1.82) is 0 Å². The summed E-state index contributed by atoms with van der Waals surface area (Å²) < 4.78 is 5.29. The Morgan fingerprint density at radius 1 is 1.44 bits per heavy atom. The molecule has 0 unspecified atom stereocenters. The highest BCUT2D eigenvalue weighted by atomic mass is 127. The quantitative estimate of drug-likeness (QED) is 0.339. The van der Waals surface area contributed by atoms with Crippen molar-refractivity contribution in [1.82, 2.24) is 10.6 Å². The third-order valence-corrected chi connectivity index (χ3v) is 3.27. The van der Waals surface area contributed by atoms with E-state index in [0.717, 1.165) is 51.0 Å². The van der Waals surface area contributed by atoms with Crippen molar-refractivity contribution in [2.75, 3.05) is 33.4 Å². The summed E-state index contributed by atoms with van der Waals surface area (Å²) in [6.07, 6.45) is 7.11. The van der Waals surface area contributed by atoms with Crippen molar-refractivity contribution in [3.63, 3.8) is 0 Å². The normalized spacial score (nSPS) is 19.8. The van der Waals surface area contributed by atoms with Crippen LogP contribution in [0.3, 0.4) is 0 Å². The number of nitrogens with one attached hydrogen (secondary N) is 2. The van der Waals surface area contributed by atoms with Crippen LogP contribution in [0.1, 0.15) is 25.7 Å². The lowest BCUT2D eigenvalue weighted by Gasteiger charge is -2.15. The Morgan fingerprint density at radius 3 is 2.89 bits per heavy atom. The van der Waals surface area contributed by atoms with Crippen LogP contribution in [0.5, 0.6) is 0 Å². The highest BCUT2D eigenvalue weighted by molar-refractivity contribution is 14.0. The molecule has 0 aromatic heterocycles. The molecular formula is C13H24IN3O. The van der Waals surface area contributed by atoms with E-state index in [9.17, 15) is 0 Å². The van der Waals surface area contributed by atoms with Gasteiger partial charge in [0.2, 0.25) is 0 Å². The Labute approximate surface area is 127 Å². The lowest BCUT2D eigenvalue weighted by Crippen LogP contribution is -2.38. The summed E-state index contributed by atoms with van der Waals surface area (Å²) >= 11 is 0. The van der Waals surface area contributed by atoms with Gasteiger partial charge in [-0.2, -0.15) is 0 Å². The number of nitrogens with zero attached hydrogens (tertiary/aromatic N) is 1. The standard InChI is InChI=1S/C13H23N3O.HI/c1-14-13(16-10-12-2-3-12)15-7-4-11-5-8-17-9-6-11;/h5,12H,2-4,6-10H2,1H3,(H2,14,15,16);1H. The van der Waals surface area contributed by atoms with Gasteiger partial charge >= 0.3 is 0 Å². The van der Waals surface area contributed by atoms with Crippen LogP contribution >= 0.6 is 24.0 Å². The third kappa shape index (κ3) is 6.04. The van der Waals surface area contributed by atoms with Crippen LogP contribution in [0.2, 0.25) is 0 Å². The summed E-state index contributed by atoms with van der Waals surface area (Å²) in [5, 5.41) is 6.72. The summed E-state index contributed by atoms with van der Waals surface area (Å²) in [6.45, 7) is 3.68. The number of ether oxygens (including phenoxy) is 1. The van der Waals surface area contributed by atoms with E-state index in [-0.39, 0.29) is 24.0 Å². The zero-order valence-corrected chi connectivity index (χ0v) is 13.4. The first-order valence-electron chi connectivity index (χ1n) is 6.58. The molecule has 2 rings (SSSR count). The number of aliphatic imine (C=N–C) groups is 1. The molecule has 0 aromatic carbocycles. The molecule has 0 aromatic rings. The molecule has 1 heterocycles. The van der Waals surface area contributed by atoms with Gasteiger partial charge < -0.3 is 15.4 Å². The molecule has 0 atom stereocenters. The SMILES string of the molecule is CN=C(NCCC1=CCOCC1)NCC1CC1.I. The van der Waals surface area contributed by atoms with Crippen LogP contribution in [0.15, 0.2) is 16.6 Å². The van der Waals surface area contributed by atoms with Crippen molar-refractivity contribution in [2.45, 2.75) is 25.7 Å². The summed E-state index contributed by atoms with van der Waals surface area (Å²) in [5.41, 5.74) is 1.50. The summed E-state index contributed by atoms with van der Waals surface area (Å²) in [6, 6.07) is 0. The fourth-order valence-electron chi connectivity index (χ4n) is 1.92. The molecule has 104 valence electrons. The number of hydrogen-bond acceptors (Lipinski definition) is 2. The molecule has 0 radical (unpaired) electrons. The van der Waals surface area contributed by atoms with E-state index >= 15 is 0 Å². The molecule has 2 aliphatic rings. The van der Waals surface area contributed by atoms with Crippen LogP contribution in [-0.2, 0) is 4.74 Å². The van der Waals surface area contributed by atoms with Gasteiger partial charge in [-0.05, 0) is 31.6 Å². The Bertz CT molecular complexity index is 301. The largest absolute Gasteiger partial charge is 0.377 e. The van der Waals surface area contributed by atoms with Gasteiger partial charge in [-0.25, -0.2) is 0 Å². The highest BCUT2D eigenvalue weighted by Crippen LogP contribution is 2.27. The molecule has 1 saturated carbocycles. The second kappa shape index (κ2) is 8.74. The van der Waals surface area contributed by atoms with Crippen molar-refractivity contribution in [2.24, 2.45) is 10.9 Å². The summed E-state index contributed by atoms with van der Waals surface area (Å²) in [7, 11) is 1.83. The molecule has 0 spiro atoms. The maximum absolute atomic E-state index is 5.29. The van der Waals surface area contributed by atoms with E-state index in [0.29, 0.717) is 0 Å². The van der Waals surface area contributed by atoms with Crippen molar-refractivity contribution in [3.8, 4) is 0 Å². The van der Waals surface area contributed by atoms with Gasteiger partial charge in [0.15, 0.2) is 5.96 Å². The predicted octanol–water partition coefficient (Wildman–Crippen LogP) is 1.92. The highest BCUT2D eigenvalue weighted by Gasteiger charge is 2.20. The zero-order chi connectivity index (χ0) is 11.9. The first-order chi connectivity index (χ1) is 8.38. The van der Waals surface area contributed by atoms with Crippen LogP contribution < -0.4 is 10.6 Å². The van der Waals surface area contributed by atoms with Gasteiger partial charge in [0.1, 0.15) is 0 Å². The minimum atomic E-state index is 0. The molecule has 1 fully saturated rings. The fraction of sp³-hybridized carbons (Fsp3) is 0.769. The molecule has 1 aliphatic carbocycles. The Kier molecular flexibility index (Phi) is 7.65.